The van der Waals surface area contributed by atoms with Crippen molar-refractivity contribution >= 4 is 24.3 Å². The topological polar surface area (TPSA) is 13.0 Å². The minimum Gasteiger partial charge on any atom is -0.154 e. The van der Waals surface area contributed by atoms with E-state index in [1.165, 1.54) is 22.3 Å². The van der Waals surface area contributed by atoms with Crippen LogP contribution in [0.15, 0.2) is 121 Å². The molecule has 172 valence electrons. The van der Waals surface area contributed by atoms with Crippen LogP contribution in [0.2, 0.25) is 0 Å². The Hall–Kier alpha value is -2.58. The van der Waals surface area contributed by atoms with Crippen LogP contribution in [0.1, 0.15) is 22.3 Å². The molecule has 1 aliphatic heterocycles. The van der Waals surface area contributed by atoms with Gasteiger partial charge in [-0.25, -0.2) is 0 Å². The van der Waals surface area contributed by atoms with Crippen LogP contribution in [0.3, 0.4) is 0 Å². The molecule has 1 saturated heterocycles. The zero-order valence-corrected chi connectivity index (χ0v) is 20.6. The van der Waals surface area contributed by atoms with Gasteiger partial charge in [0.05, 0.1) is 26.2 Å². The van der Waals surface area contributed by atoms with E-state index in [1.807, 2.05) is 0 Å². The van der Waals surface area contributed by atoms with Gasteiger partial charge in [-0.05, 0) is 22.3 Å². The van der Waals surface area contributed by atoms with Gasteiger partial charge in [0, 0.05) is 24.3 Å². The van der Waals surface area contributed by atoms with E-state index in [2.05, 4.69) is 139 Å². The van der Waals surface area contributed by atoms with Crippen molar-refractivity contribution in [3.63, 3.8) is 0 Å². The molecular formula is C28H28N4S2. The number of hydrogen-bond acceptors (Lipinski definition) is 6. The largest absolute Gasteiger partial charge is 0.154 e. The molecule has 0 atom stereocenters. The van der Waals surface area contributed by atoms with Crippen LogP contribution in [0, 0.1) is 0 Å². The van der Waals surface area contributed by atoms with Crippen molar-refractivity contribution in [2.45, 2.75) is 26.2 Å². The molecule has 4 nitrogen and oxygen atoms in total. The van der Waals surface area contributed by atoms with Gasteiger partial charge < -0.3 is 0 Å². The Labute approximate surface area is 211 Å². The Kier molecular flexibility index (Phi) is 7.98. The van der Waals surface area contributed by atoms with E-state index in [-0.39, 0.29) is 0 Å². The number of hydrogen-bond donors (Lipinski definition) is 0. The third-order valence-electron chi connectivity index (χ3n) is 5.52. The molecule has 0 N–H and O–H groups in total. The van der Waals surface area contributed by atoms with Gasteiger partial charge in [-0.1, -0.05) is 121 Å². The summed E-state index contributed by atoms with van der Waals surface area (Å²) < 4.78 is 9.49. The fourth-order valence-corrected chi connectivity index (χ4v) is 5.95. The first kappa shape index (κ1) is 23.2. The summed E-state index contributed by atoms with van der Waals surface area (Å²) >= 11 is 3.55. The first-order valence-electron chi connectivity index (χ1n) is 11.5. The maximum atomic E-state index is 2.37. The van der Waals surface area contributed by atoms with Crippen LogP contribution in [-0.4, -0.2) is 17.7 Å². The second kappa shape index (κ2) is 11.7. The summed E-state index contributed by atoms with van der Waals surface area (Å²) in [6.07, 6.45) is 0. The molecule has 0 saturated carbocycles. The molecule has 1 aliphatic rings. The molecule has 5 rings (SSSR count). The van der Waals surface area contributed by atoms with Crippen molar-refractivity contribution in [3.8, 4) is 0 Å². The number of hydrazine groups is 2. The highest BCUT2D eigenvalue weighted by atomic mass is 32.2. The zero-order chi connectivity index (χ0) is 23.0. The van der Waals surface area contributed by atoms with E-state index in [1.54, 1.807) is 24.3 Å². The minimum absolute atomic E-state index is 0.829. The van der Waals surface area contributed by atoms with Crippen molar-refractivity contribution in [1.82, 2.24) is 17.7 Å². The van der Waals surface area contributed by atoms with Gasteiger partial charge in [-0.15, -0.1) is 0 Å². The van der Waals surface area contributed by atoms with Crippen LogP contribution in [0.5, 0.6) is 0 Å². The molecule has 0 radical (unpaired) electrons. The van der Waals surface area contributed by atoms with E-state index in [4.69, 9.17) is 0 Å². The number of nitrogens with zero attached hydrogens (tertiary/aromatic N) is 4. The number of benzene rings is 4. The van der Waals surface area contributed by atoms with Gasteiger partial charge in [0.1, 0.15) is 0 Å². The van der Waals surface area contributed by atoms with E-state index < -0.39 is 0 Å². The highest BCUT2D eigenvalue weighted by Crippen LogP contribution is 2.40. The summed E-state index contributed by atoms with van der Waals surface area (Å²) in [5.41, 5.74) is 5.18. The van der Waals surface area contributed by atoms with Crippen molar-refractivity contribution in [1.29, 1.82) is 0 Å². The van der Waals surface area contributed by atoms with Crippen molar-refractivity contribution in [3.05, 3.63) is 144 Å². The zero-order valence-electron chi connectivity index (χ0n) is 19.0. The van der Waals surface area contributed by atoms with Crippen molar-refractivity contribution < 1.29 is 0 Å². The maximum Gasteiger partial charge on any atom is 0.0520 e. The average molecular weight is 485 g/mol. The second-order valence-electron chi connectivity index (χ2n) is 8.15. The summed E-state index contributed by atoms with van der Waals surface area (Å²) in [6.45, 7) is 3.32. The van der Waals surface area contributed by atoms with Crippen LogP contribution in [0.25, 0.3) is 0 Å². The van der Waals surface area contributed by atoms with Crippen molar-refractivity contribution in [2.75, 3.05) is 0 Å². The third-order valence-corrected chi connectivity index (χ3v) is 7.78. The molecule has 0 amide bonds. The second-order valence-corrected chi connectivity index (χ2v) is 10.2. The molecule has 0 aliphatic carbocycles. The molecular weight excluding hydrogens is 456 g/mol. The lowest BCUT2D eigenvalue weighted by Gasteiger charge is -2.46. The van der Waals surface area contributed by atoms with Crippen LogP contribution < -0.4 is 0 Å². The summed E-state index contributed by atoms with van der Waals surface area (Å²) in [7, 11) is 0. The lowest BCUT2D eigenvalue weighted by molar-refractivity contribution is 0.0891. The molecule has 1 fully saturated rings. The van der Waals surface area contributed by atoms with Gasteiger partial charge in [0.15, 0.2) is 0 Å². The Bertz CT molecular complexity index is 946. The monoisotopic (exact) mass is 484 g/mol. The first-order valence-corrected chi connectivity index (χ1v) is 12.9. The third kappa shape index (κ3) is 6.30. The Balaban J connectivity index is 1.42. The molecule has 4 aromatic rings. The molecule has 0 aromatic heterocycles. The fourth-order valence-electron chi connectivity index (χ4n) is 3.77. The van der Waals surface area contributed by atoms with Crippen LogP contribution in [0.4, 0.5) is 0 Å². The Morgan fingerprint density at radius 1 is 0.324 bits per heavy atom. The summed E-state index contributed by atoms with van der Waals surface area (Å²) in [4.78, 5) is 0. The molecule has 34 heavy (non-hydrogen) atoms. The molecule has 0 spiro atoms. The minimum atomic E-state index is 0.829. The Morgan fingerprint density at radius 3 is 0.735 bits per heavy atom. The average Bonchev–Trinajstić information content (AvgIpc) is 2.89. The van der Waals surface area contributed by atoms with E-state index in [9.17, 15) is 0 Å². The standard InChI is InChI=1S/C28H28N4S2/c1-5-13-25(14-6-1)21-29-30(22-26-15-7-2-8-16-26)34-32(24-28-19-11-4-12-20-28)31(33-29)23-27-17-9-3-10-18-27/h1-20H,21-24H2. The van der Waals surface area contributed by atoms with Crippen LogP contribution in [-0.2, 0) is 26.2 Å². The van der Waals surface area contributed by atoms with Gasteiger partial charge in [0.25, 0.3) is 0 Å². The van der Waals surface area contributed by atoms with E-state index in [0.29, 0.717) is 0 Å². The summed E-state index contributed by atoms with van der Waals surface area (Å²) in [6, 6.07) is 42.8. The first-order chi connectivity index (χ1) is 16.8. The smallest absolute Gasteiger partial charge is 0.0520 e. The SMILES string of the molecule is c1ccc(CN2SN(Cc3ccccc3)N(Cc3ccccc3)SN2Cc2ccccc2)cc1. The lowest BCUT2D eigenvalue weighted by Crippen LogP contribution is -2.47. The normalized spacial score (nSPS) is 16.0. The number of rotatable bonds is 8. The van der Waals surface area contributed by atoms with Crippen LogP contribution >= 0.6 is 24.3 Å². The van der Waals surface area contributed by atoms with Gasteiger partial charge in [-0.2, -0.15) is 17.7 Å². The molecule has 6 heteroatoms. The highest BCUT2D eigenvalue weighted by molar-refractivity contribution is 8.00. The molecule has 4 aromatic carbocycles. The molecule has 0 bridgehead atoms. The molecule has 1 heterocycles. The lowest BCUT2D eigenvalue weighted by atomic mass is 10.2. The van der Waals surface area contributed by atoms with E-state index in [0.717, 1.165) is 26.2 Å². The quantitative estimate of drug-likeness (QED) is 0.249. The fraction of sp³-hybridized carbons (Fsp3) is 0.143. The van der Waals surface area contributed by atoms with Gasteiger partial charge >= 0.3 is 0 Å². The molecule has 0 unspecified atom stereocenters. The van der Waals surface area contributed by atoms with Gasteiger partial charge in [-0.3, -0.25) is 0 Å². The maximum absolute atomic E-state index is 2.37. The predicted molar refractivity (Wildman–Crippen MR) is 143 cm³/mol. The Morgan fingerprint density at radius 2 is 0.529 bits per heavy atom. The van der Waals surface area contributed by atoms with Crippen molar-refractivity contribution in [2.24, 2.45) is 0 Å². The summed E-state index contributed by atoms with van der Waals surface area (Å²) in [5, 5.41) is 0. The highest BCUT2D eigenvalue weighted by Gasteiger charge is 2.33. The van der Waals surface area contributed by atoms with Gasteiger partial charge in [0.2, 0.25) is 0 Å². The predicted octanol–water partition coefficient (Wildman–Crippen LogP) is 6.97. The summed E-state index contributed by atoms with van der Waals surface area (Å²) in [5.74, 6) is 0. The van der Waals surface area contributed by atoms with E-state index >= 15 is 0 Å².